The van der Waals surface area contributed by atoms with Gasteiger partial charge in [0, 0.05) is 18.1 Å². The number of pyridine rings is 1. The van der Waals surface area contributed by atoms with Crippen molar-refractivity contribution in [2.75, 3.05) is 6.54 Å². The van der Waals surface area contributed by atoms with Gasteiger partial charge in [-0.25, -0.2) is 4.98 Å². The van der Waals surface area contributed by atoms with E-state index in [1.807, 2.05) is 24.3 Å². The Kier molecular flexibility index (Phi) is 4.38. The summed E-state index contributed by atoms with van der Waals surface area (Å²) in [5.74, 6) is 0.474. The lowest BCUT2D eigenvalue weighted by Gasteiger charge is -2.09. The molecule has 1 aromatic heterocycles. The first kappa shape index (κ1) is 13.8. The van der Waals surface area contributed by atoms with Gasteiger partial charge in [-0.2, -0.15) is 0 Å². The molecule has 0 saturated heterocycles. The number of halogens is 1. The van der Waals surface area contributed by atoms with E-state index in [0.29, 0.717) is 23.2 Å². The first-order chi connectivity index (χ1) is 9.09. The molecular weight excluding hydrogens is 260 g/mol. The summed E-state index contributed by atoms with van der Waals surface area (Å²) < 4.78 is 0. The van der Waals surface area contributed by atoms with E-state index in [0.717, 1.165) is 17.2 Å². The Morgan fingerprint density at radius 1 is 1.32 bits per heavy atom. The van der Waals surface area contributed by atoms with Crippen molar-refractivity contribution < 1.29 is 4.79 Å². The highest BCUT2D eigenvalue weighted by atomic mass is 35.5. The summed E-state index contributed by atoms with van der Waals surface area (Å²) in [6.07, 6.45) is 2.50. The quantitative estimate of drug-likeness (QED) is 0.866. The fourth-order valence-electron chi connectivity index (χ4n) is 1.91. The predicted molar refractivity (Wildman–Crippen MR) is 78.5 cm³/mol. The second-order valence-corrected chi connectivity index (χ2v) is 5.30. The zero-order valence-electron chi connectivity index (χ0n) is 11.1. The van der Waals surface area contributed by atoms with E-state index in [4.69, 9.17) is 11.6 Å². The van der Waals surface area contributed by atoms with Crippen molar-refractivity contribution in [3.63, 3.8) is 0 Å². The van der Waals surface area contributed by atoms with Gasteiger partial charge in [-0.3, -0.25) is 4.79 Å². The minimum atomic E-state index is -0.0963. The number of nitrogens with zero attached hydrogens (tertiary/aromatic N) is 1. The van der Waals surface area contributed by atoms with Gasteiger partial charge in [0.15, 0.2) is 0 Å². The monoisotopic (exact) mass is 276 g/mol. The number of carbonyl (C=O) groups excluding carboxylic acids is 1. The fourth-order valence-corrected chi connectivity index (χ4v) is 2.12. The van der Waals surface area contributed by atoms with Crippen molar-refractivity contribution >= 4 is 28.3 Å². The average molecular weight is 277 g/mol. The molecule has 0 unspecified atom stereocenters. The molecule has 2 aromatic rings. The molecule has 1 N–H and O–H groups in total. The summed E-state index contributed by atoms with van der Waals surface area (Å²) in [6.45, 7) is 4.93. The molecule has 0 fully saturated rings. The molecule has 0 spiro atoms. The molecule has 2 rings (SSSR count). The molecule has 0 atom stereocenters. The zero-order chi connectivity index (χ0) is 13.8. The molecule has 19 heavy (non-hydrogen) atoms. The largest absolute Gasteiger partial charge is 0.352 e. The zero-order valence-corrected chi connectivity index (χ0v) is 11.9. The van der Waals surface area contributed by atoms with Crippen molar-refractivity contribution in [2.45, 2.75) is 20.3 Å². The van der Waals surface area contributed by atoms with E-state index in [1.54, 1.807) is 0 Å². The Morgan fingerprint density at radius 2 is 2.00 bits per heavy atom. The number of amides is 1. The maximum atomic E-state index is 12.2. The highest BCUT2D eigenvalue weighted by Gasteiger charge is 2.12. The third-order valence-electron chi connectivity index (χ3n) is 3.00. The maximum Gasteiger partial charge on any atom is 0.253 e. The van der Waals surface area contributed by atoms with E-state index in [-0.39, 0.29) is 5.91 Å². The number of hydrogen-bond acceptors (Lipinski definition) is 2. The molecule has 100 valence electrons. The second kappa shape index (κ2) is 6.02. The van der Waals surface area contributed by atoms with Crippen LogP contribution in [0.3, 0.4) is 0 Å². The smallest absolute Gasteiger partial charge is 0.253 e. The van der Waals surface area contributed by atoms with Gasteiger partial charge in [-0.05, 0) is 17.7 Å². The van der Waals surface area contributed by atoms with Crippen LogP contribution in [-0.2, 0) is 0 Å². The fraction of sp³-hybridized carbons (Fsp3) is 0.333. The van der Waals surface area contributed by atoms with Crippen molar-refractivity contribution in [3.8, 4) is 0 Å². The lowest BCUT2D eigenvalue weighted by molar-refractivity contribution is 0.0953. The Bertz CT molecular complexity index is 596. The third-order valence-corrected chi connectivity index (χ3v) is 3.30. The van der Waals surface area contributed by atoms with Crippen LogP contribution >= 0.6 is 11.6 Å². The summed E-state index contributed by atoms with van der Waals surface area (Å²) in [7, 11) is 0. The number of carbonyl (C=O) groups is 1. The predicted octanol–water partition coefficient (Wildman–Crippen LogP) is 3.66. The summed E-state index contributed by atoms with van der Waals surface area (Å²) in [4.78, 5) is 16.2. The average Bonchev–Trinajstić information content (AvgIpc) is 2.39. The highest BCUT2D eigenvalue weighted by Crippen LogP contribution is 2.24. The number of benzene rings is 1. The van der Waals surface area contributed by atoms with Crippen molar-refractivity contribution in [3.05, 3.63) is 41.2 Å². The number of rotatable bonds is 4. The van der Waals surface area contributed by atoms with Crippen LogP contribution in [0.15, 0.2) is 30.5 Å². The van der Waals surface area contributed by atoms with Crippen molar-refractivity contribution in [2.24, 2.45) is 5.92 Å². The van der Waals surface area contributed by atoms with Gasteiger partial charge in [0.05, 0.1) is 5.56 Å². The van der Waals surface area contributed by atoms with Crippen LogP contribution in [0.25, 0.3) is 10.8 Å². The molecule has 0 aliphatic carbocycles. The van der Waals surface area contributed by atoms with Crippen molar-refractivity contribution in [1.29, 1.82) is 0 Å². The lowest BCUT2D eigenvalue weighted by Crippen LogP contribution is -2.25. The molecule has 0 aliphatic rings. The number of aromatic nitrogens is 1. The molecule has 1 amide bonds. The summed E-state index contributed by atoms with van der Waals surface area (Å²) in [6, 6.07) is 7.54. The maximum absolute atomic E-state index is 12.2. The van der Waals surface area contributed by atoms with E-state index in [9.17, 15) is 4.79 Å². The Labute approximate surface area is 118 Å². The standard InChI is InChI=1S/C15H17ClN2O/c1-10(2)7-8-17-15(19)13-9-18-14(16)12-6-4-3-5-11(12)13/h3-6,9-10H,7-8H2,1-2H3,(H,17,19). The molecular formula is C15H17ClN2O. The van der Waals surface area contributed by atoms with E-state index >= 15 is 0 Å². The van der Waals surface area contributed by atoms with Gasteiger partial charge >= 0.3 is 0 Å². The molecule has 1 heterocycles. The van der Waals surface area contributed by atoms with E-state index in [1.165, 1.54) is 6.20 Å². The van der Waals surface area contributed by atoms with Gasteiger partial charge in [0.1, 0.15) is 5.15 Å². The minimum absolute atomic E-state index is 0.0963. The number of nitrogens with one attached hydrogen (secondary N) is 1. The minimum Gasteiger partial charge on any atom is -0.352 e. The molecule has 0 aliphatic heterocycles. The molecule has 0 bridgehead atoms. The first-order valence-corrected chi connectivity index (χ1v) is 6.79. The van der Waals surface area contributed by atoms with Crippen LogP contribution in [0.4, 0.5) is 0 Å². The first-order valence-electron chi connectivity index (χ1n) is 6.41. The molecule has 1 aromatic carbocycles. The van der Waals surface area contributed by atoms with Gasteiger partial charge in [0.2, 0.25) is 0 Å². The SMILES string of the molecule is CC(C)CCNC(=O)c1cnc(Cl)c2ccccc12. The van der Waals surface area contributed by atoms with Crippen LogP contribution in [-0.4, -0.2) is 17.4 Å². The molecule has 4 heteroatoms. The highest BCUT2D eigenvalue weighted by molar-refractivity contribution is 6.34. The second-order valence-electron chi connectivity index (χ2n) is 4.95. The van der Waals surface area contributed by atoms with Crippen LogP contribution in [0.2, 0.25) is 5.15 Å². The number of hydrogen-bond donors (Lipinski definition) is 1. The molecule has 0 radical (unpaired) electrons. The Morgan fingerprint density at radius 3 is 2.68 bits per heavy atom. The Hall–Kier alpha value is -1.61. The van der Waals surface area contributed by atoms with E-state index < -0.39 is 0 Å². The van der Waals surface area contributed by atoms with Crippen LogP contribution in [0.5, 0.6) is 0 Å². The topological polar surface area (TPSA) is 42.0 Å². The van der Waals surface area contributed by atoms with Gasteiger partial charge in [-0.1, -0.05) is 49.7 Å². The van der Waals surface area contributed by atoms with Crippen LogP contribution < -0.4 is 5.32 Å². The van der Waals surface area contributed by atoms with Crippen LogP contribution in [0.1, 0.15) is 30.6 Å². The van der Waals surface area contributed by atoms with Gasteiger partial charge in [-0.15, -0.1) is 0 Å². The lowest BCUT2D eigenvalue weighted by atomic mass is 10.1. The summed E-state index contributed by atoms with van der Waals surface area (Å²) >= 11 is 6.04. The normalized spacial score (nSPS) is 10.9. The van der Waals surface area contributed by atoms with Gasteiger partial charge in [0.25, 0.3) is 5.91 Å². The van der Waals surface area contributed by atoms with Crippen LogP contribution in [0, 0.1) is 5.92 Å². The van der Waals surface area contributed by atoms with Crippen molar-refractivity contribution in [1.82, 2.24) is 10.3 Å². The number of fused-ring (bicyclic) bond motifs is 1. The molecule has 3 nitrogen and oxygen atoms in total. The van der Waals surface area contributed by atoms with E-state index in [2.05, 4.69) is 24.1 Å². The van der Waals surface area contributed by atoms with Gasteiger partial charge < -0.3 is 5.32 Å². The molecule has 0 saturated carbocycles. The Balaban J connectivity index is 2.25. The summed E-state index contributed by atoms with van der Waals surface area (Å²) in [5.41, 5.74) is 0.573. The third kappa shape index (κ3) is 3.24. The summed E-state index contributed by atoms with van der Waals surface area (Å²) in [5, 5.41) is 4.99.